The van der Waals surface area contributed by atoms with Gasteiger partial charge in [0.15, 0.2) is 18.1 Å². The van der Waals surface area contributed by atoms with Crippen molar-refractivity contribution in [3.8, 4) is 23.3 Å². The molecule has 0 fully saturated rings. The van der Waals surface area contributed by atoms with Crippen LogP contribution in [0.1, 0.15) is 27.8 Å². The molecule has 3 rings (SSSR count). The number of hydrogen-bond donors (Lipinski definition) is 0. The summed E-state index contributed by atoms with van der Waals surface area (Å²) >= 11 is 5.93. The Morgan fingerprint density at radius 2 is 1.70 bits per heavy atom. The predicted octanol–water partition coefficient (Wildman–Crippen LogP) is 6.32. The third kappa shape index (κ3) is 5.94. The van der Waals surface area contributed by atoms with Gasteiger partial charge in [0, 0.05) is 5.02 Å². The first-order chi connectivity index (χ1) is 15.8. The topological polar surface area (TPSA) is 68.5 Å². The molecule has 0 aromatic heterocycles. The summed E-state index contributed by atoms with van der Waals surface area (Å²) in [4.78, 5) is 12.4. The molecule has 0 aliphatic rings. The highest BCUT2D eigenvalue weighted by Gasteiger charge is 2.14. The highest BCUT2D eigenvalue weighted by molar-refractivity contribution is 6.30. The van der Waals surface area contributed by atoms with Gasteiger partial charge in [-0.3, -0.25) is 0 Å². The summed E-state index contributed by atoms with van der Waals surface area (Å²) in [5.74, 6) is 0.778. The summed E-state index contributed by atoms with van der Waals surface area (Å²) in [6.45, 7) is 5.65. The molecular weight excluding hydrogens is 438 g/mol. The minimum atomic E-state index is -0.546. The van der Waals surface area contributed by atoms with Crippen molar-refractivity contribution in [1.82, 2.24) is 0 Å². The Bertz CT molecular complexity index is 1240. The molecule has 0 radical (unpaired) electrons. The molecule has 3 aromatic rings. The lowest BCUT2D eigenvalue weighted by atomic mass is 10.0. The molecule has 0 unspecified atom stereocenters. The average molecular weight is 462 g/mol. The maximum Gasteiger partial charge on any atom is 0.349 e. The number of carbonyl (C=O) groups is 1. The largest absolute Gasteiger partial charge is 0.493 e. The molecule has 6 heteroatoms. The van der Waals surface area contributed by atoms with Crippen LogP contribution in [-0.4, -0.2) is 19.7 Å². The van der Waals surface area contributed by atoms with Crippen LogP contribution in [-0.2, 0) is 4.79 Å². The molecule has 33 heavy (non-hydrogen) atoms. The van der Waals surface area contributed by atoms with Gasteiger partial charge < -0.3 is 14.2 Å². The van der Waals surface area contributed by atoms with Gasteiger partial charge in [0.1, 0.15) is 5.75 Å². The van der Waals surface area contributed by atoms with Crippen LogP contribution in [0, 0.1) is 32.1 Å². The molecule has 3 aromatic carbocycles. The molecule has 168 valence electrons. The van der Waals surface area contributed by atoms with E-state index in [0.29, 0.717) is 22.1 Å². The van der Waals surface area contributed by atoms with E-state index in [0.717, 1.165) is 27.8 Å². The van der Waals surface area contributed by atoms with Crippen LogP contribution < -0.4 is 14.2 Å². The van der Waals surface area contributed by atoms with Gasteiger partial charge in [0.05, 0.1) is 18.8 Å². The number of aryl methyl sites for hydroxylation is 2. The Morgan fingerprint density at radius 1 is 1.00 bits per heavy atom. The minimum absolute atomic E-state index is 0.231. The highest BCUT2D eigenvalue weighted by atomic mass is 35.5. The quantitative estimate of drug-likeness (QED) is 0.178. The lowest BCUT2D eigenvalue weighted by molar-refractivity contribution is -0.136. The van der Waals surface area contributed by atoms with Crippen LogP contribution >= 0.6 is 11.6 Å². The Labute approximate surface area is 198 Å². The van der Waals surface area contributed by atoms with Crippen LogP contribution in [0.4, 0.5) is 0 Å². The summed E-state index contributed by atoms with van der Waals surface area (Å²) in [7, 11) is 1.49. The van der Waals surface area contributed by atoms with Gasteiger partial charge >= 0.3 is 5.97 Å². The lowest BCUT2D eigenvalue weighted by Gasteiger charge is -2.14. The van der Waals surface area contributed by atoms with E-state index in [1.807, 2.05) is 32.9 Å². The van der Waals surface area contributed by atoms with E-state index in [4.69, 9.17) is 25.8 Å². The second kappa shape index (κ2) is 10.7. The lowest BCUT2D eigenvalue weighted by Crippen LogP contribution is -2.18. The number of hydrogen-bond acceptors (Lipinski definition) is 5. The summed E-state index contributed by atoms with van der Waals surface area (Å²) in [6, 6.07) is 18.3. The van der Waals surface area contributed by atoms with Crippen molar-refractivity contribution in [2.45, 2.75) is 20.8 Å². The monoisotopic (exact) mass is 461 g/mol. The number of allylic oxidation sites excluding steroid dienone is 1. The highest BCUT2D eigenvalue weighted by Crippen LogP contribution is 2.31. The van der Waals surface area contributed by atoms with Crippen molar-refractivity contribution in [3.63, 3.8) is 0 Å². The van der Waals surface area contributed by atoms with Crippen molar-refractivity contribution in [3.05, 3.63) is 87.4 Å². The maximum atomic E-state index is 12.4. The van der Waals surface area contributed by atoms with E-state index in [2.05, 4.69) is 6.07 Å². The number of nitriles is 1. The van der Waals surface area contributed by atoms with E-state index in [-0.39, 0.29) is 12.4 Å². The molecule has 5 nitrogen and oxygen atoms in total. The van der Waals surface area contributed by atoms with Crippen molar-refractivity contribution >= 4 is 29.2 Å². The summed E-state index contributed by atoms with van der Waals surface area (Å²) in [5, 5.41) is 10.2. The fourth-order valence-electron chi connectivity index (χ4n) is 3.27. The molecule has 0 aliphatic carbocycles. The van der Waals surface area contributed by atoms with E-state index >= 15 is 0 Å². The molecule has 0 amide bonds. The van der Waals surface area contributed by atoms with Gasteiger partial charge in [-0.2, -0.15) is 5.26 Å². The normalized spacial score (nSPS) is 11.0. The van der Waals surface area contributed by atoms with Crippen LogP contribution in [0.2, 0.25) is 5.02 Å². The Hall–Kier alpha value is -3.75. The van der Waals surface area contributed by atoms with Crippen LogP contribution in [0.15, 0.2) is 54.6 Å². The SMILES string of the molecule is COc1cc(C=C(C#N)c2ccc(Cl)cc2)ccc1OC(=O)COc1c(C)ccc(C)c1C. The van der Waals surface area contributed by atoms with Crippen LogP contribution in [0.3, 0.4) is 0 Å². The molecule has 0 saturated heterocycles. The van der Waals surface area contributed by atoms with Gasteiger partial charge in [0.25, 0.3) is 0 Å². The van der Waals surface area contributed by atoms with Gasteiger partial charge in [-0.15, -0.1) is 0 Å². The molecule has 0 spiro atoms. The number of esters is 1. The number of nitrogens with zero attached hydrogens (tertiary/aromatic N) is 1. The van der Waals surface area contributed by atoms with Gasteiger partial charge in [0.2, 0.25) is 0 Å². The zero-order chi connectivity index (χ0) is 24.0. The number of rotatable bonds is 7. The Kier molecular flexibility index (Phi) is 7.76. The third-order valence-electron chi connectivity index (χ3n) is 5.21. The summed E-state index contributed by atoms with van der Waals surface area (Å²) in [5.41, 5.74) is 4.97. The number of halogens is 1. The van der Waals surface area contributed by atoms with Crippen LogP contribution in [0.25, 0.3) is 11.6 Å². The first kappa shape index (κ1) is 23.9. The van der Waals surface area contributed by atoms with Gasteiger partial charge in [-0.1, -0.05) is 41.9 Å². The molecule has 0 aliphatic heterocycles. The number of methoxy groups -OCH3 is 1. The van der Waals surface area contributed by atoms with Crippen molar-refractivity contribution in [2.75, 3.05) is 13.7 Å². The fraction of sp³-hybridized carbons (Fsp3) is 0.185. The zero-order valence-electron chi connectivity index (χ0n) is 18.9. The molecule has 0 N–H and O–H groups in total. The first-order valence-electron chi connectivity index (χ1n) is 10.3. The fourth-order valence-corrected chi connectivity index (χ4v) is 3.39. The number of ether oxygens (including phenoxy) is 3. The first-order valence-corrected chi connectivity index (χ1v) is 10.7. The zero-order valence-corrected chi connectivity index (χ0v) is 19.7. The molecular formula is C27H24ClNO4. The predicted molar refractivity (Wildman–Crippen MR) is 130 cm³/mol. The number of carbonyl (C=O) groups excluding carboxylic acids is 1. The van der Waals surface area contributed by atoms with Crippen molar-refractivity contribution in [1.29, 1.82) is 5.26 Å². The summed E-state index contributed by atoms with van der Waals surface area (Å²) in [6.07, 6.45) is 1.73. The average Bonchev–Trinajstić information content (AvgIpc) is 2.81. The van der Waals surface area contributed by atoms with Crippen molar-refractivity contribution in [2.24, 2.45) is 0 Å². The smallest absolute Gasteiger partial charge is 0.349 e. The van der Waals surface area contributed by atoms with Gasteiger partial charge in [-0.05, 0) is 78.9 Å². The Balaban J connectivity index is 1.74. The van der Waals surface area contributed by atoms with E-state index in [1.165, 1.54) is 7.11 Å². The summed E-state index contributed by atoms with van der Waals surface area (Å²) < 4.78 is 16.6. The van der Waals surface area contributed by atoms with Crippen LogP contribution in [0.5, 0.6) is 17.2 Å². The second-order valence-electron chi connectivity index (χ2n) is 7.50. The van der Waals surface area contributed by atoms with E-state index in [1.54, 1.807) is 48.5 Å². The molecule has 0 heterocycles. The minimum Gasteiger partial charge on any atom is -0.493 e. The standard InChI is InChI=1S/C27H24ClNO4/c1-17-5-6-18(2)27(19(17)3)32-16-26(30)33-24-12-7-20(14-25(24)31-4)13-22(15-29)21-8-10-23(28)11-9-21/h5-14H,16H2,1-4H3. The third-order valence-corrected chi connectivity index (χ3v) is 5.46. The number of benzene rings is 3. The maximum absolute atomic E-state index is 12.4. The molecule has 0 atom stereocenters. The molecule has 0 bridgehead atoms. The molecule has 0 saturated carbocycles. The van der Waals surface area contributed by atoms with Crippen molar-refractivity contribution < 1.29 is 19.0 Å². The van der Waals surface area contributed by atoms with E-state index in [9.17, 15) is 10.1 Å². The van der Waals surface area contributed by atoms with E-state index < -0.39 is 5.97 Å². The van der Waals surface area contributed by atoms with Gasteiger partial charge in [-0.25, -0.2) is 4.79 Å². The Morgan fingerprint density at radius 3 is 2.36 bits per heavy atom. The second-order valence-corrected chi connectivity index (χ2v) is 7.94.